The van der Waals surface area contributed by atoms with Crippen molar-refractivity contribution in [1.82, 2.24) is 0 Å². The molecule has 0 bridgehead atoms. The van der Waals surface area contributed by atoms with E-state index >= 15 is 0 Å². The van der Waals surface area contributed by atoms with Crippen molar-refractivity contribution in [1.29, 1.82) is 0 Å². The van der Waals surface area contributed by atoms with Gasteiger partial charge in [-0.1, -0.05) is 49.0 Å². The van der Waals surface area contributed by atoms with Crippen LogP contribution in [0.3, 0.4) is 0 Å². The van der Waals surface area contributed by atoms with Crippen LogP contribution in [0.15, 0.2) is 27.6 Å². The summed E-state index contributed by atoms with van der Waals surface area (Å²) in [5.41, 5.74) is 0. The Morgan fingerprint density at radius 3 is 2.60 bits per heavy atom. The third kappa shape index (κ3) is 5.62. The molecule has 0 fully saturated rings. The van der Waals surface area contributed by atoms with E-state index in [0.717, 1.165) is 25.7 Å². The monoisotopic (exact) mass is 382 g/mol. The molecule has 0 saturated heterocycles. The number of unbranched alkanes of at least 4 members (excludes halogenated alkanes) is 1. The lowest BCUT2D eigenvalue weighted by molar-refractivity contribution is 0.228. The van der Waals surface area contributed by atoms with Gasteiger partial charge in [0.1, 0.15) is 10.6 Å². The summed E-state index contributed by atoms with van der Waals surface area (Å²) in [6, 6.07) is 4.84. The van der Waals surface area contributed by atoms with Gasteiger partial charge in [-0.05, 0) is 30.5 Å². The Hall–Kier alpha value is -0.260. The largest absolute Gasteiger partial charge is 0.492 e. The average Bonchev–Trinajstić information content (AvgIpc) is 2.39. The quantitative estimate of drug-likeness (QED) is 0.595. The summed E-state index contributed by atoms with van der Waals surface area (Å²) in [5, 5.41) is 0. The molecular weight excluding hydrogens is 364 g/mol. The Bertz CT molecular complexity index is 531. The van der Waals surface area contributed by atoms with Gasteiger partial charge >= 0.3 is 0 Å². The number of hydrogen-bond donors (Lipinski definition) is 0. The van der Waals surface area contributed by atoms with Crippen LogP contribution < -0.4 is 4.74 Å². The standard InChI is InChI=1S/C14H20BrClO3S/c1-3-5-6-11(4-2)10-19-13-8-7-12(15)9-14(13)20(16,17)18/h7-9,11H,3-6,10H2,1-2H3. The van der Waals surface area contributed by atoms with E-state index in [1.54, 1.807) is 12.1 Å². The molecule has 0 amide bonds. The fourth-order valence-electron chi connectivity index (χ4n) is 1.90. The van der Waals surface area contributed by atoms with Crippen LogP contribution in [0.2, 0.25) is 0 Å². The van der Waals surface area contributed by atoms with Gasteiger partial charge in [0.25, 0.3) is 9.05 Å². The Morgan fingerprint density at radius 1 is 1.35 bits per heavy atom. The molecule has 0 aliphatic rings. The predicted octanol–water partition coefficient (Wildman–Crippen LogP) is 4.97. The van der Waals surface area contributed by atoms with Crippen molar-refractivity contribution < 1.29 is 13.2 Å². The van der Waals surface area contributed by atoms with Crippen LogP contribution in [0.4, 0.5) is 0 Å². The molecule has 1 rings (SSSR count). The van der Waals surface area contributed by atoms with Gasteiger partial charge in [-0.25, -0.2) is 8.42 Å². The molecule has 20 heavy (non-hydrogen) atoms. The Labute approximate surface area is 134 Å². The molecule has 0 aromatic heterocycles. The zero-order valence-corrected chi connectivity index (χ0v) is 14.9. The third-order valence-electron chi connectivity index (χ3n) is 3.19. The molecule has 0 N–H and O–H groups in total. The second-order valence-electron chi connectivity index (χ2n) is 4.76. The molecule has 0 radical (unpaired) electrons. The van der Waals surface area contributed by atoms with E-state index in [0.29, 0.717) is 22.7 Å². The van der Waals surface area contributed by atoms with E-state index in [9.17, 15) is 8.42 Å². The van der Waals surface area contributed by atoms with Gasteiger partial charge in [-0.3, -0.25) is 0 Å². The Morgan fingerprint density at radius 2 is 2.05 bits per heavy atom. The van der Waals surface area contributed by atoms with E-state index in [1.165, 1.54) is 6.07 Å². The minimum Gasteiger partial charge on any atom is -0.492 e. The average molecular weight is 384 g/mol. The second kappa shape index (κ2) is 8.25. The normalized spacial score (nSPS) is 13.2. The minimum atomic E-state index is -3.81. The van der Waals surface area contributed by atoms with Gasteiger partial charge < -0.3 is 4.74 Å². The number of ether oxygens (including phenoxy) is 1. The predicted molar refractivity (Wildman–Crippen MR) is 86.0 cm³/mol. The van der Waals surface area contributed by atoms with Gasteiger partial charge in [0.2, 0.25) is 0 Å². The molecule has 1 aromatic rings. The van der Waals surface area contributed by atoms with Crippen LogP contribution in [-0.4, -0.2) is 15.0 Å². The molecule has 0 aliphatic carbocycles. The van der Waals surface area contributed by atoms with Crippen LogP contribution in [-0.2, 0) is 9.05 Å². The van der Waals surface area contributed by atoms with Crippen molar-refractivity contribution in [2.45, 2.75) is 44.4 Å². The Kier molecular flexibility index (Phi) is 7.34. The van der Waals surface area contributed by atoms with Crippen LogP contribution in [0, 0.1) is 5.92 Å². The SMILES string of the molecule is CCCCC(CC)COc1ccc(Br)cc1S(=O)(=O)Cl. The highest BCUT2D eigenvalue weighted by atomic mass is 79.9. The van der Waals surface area contributed by atoms with E-state index in [4.69, 9.17) is 15.4 Å². The first-order valence-electron chi connectivity index (χ1n) is 6.75. The number of rotatable bonds is 8. The highest BCUT2D eigenvalue weighted by molar-refractivity contribution is 9.10. The van der Waals surface area contributed by atoms with E-state index < -0.39 is 9.05 Å². The molecule has 1 atom stereocenters. The van der Waals surface area contributed by atoms with Crippen molar-refractivity contribution >= 4 is 35.7 Å². The maximum absolute atomic E-state index is 11.6. The van der Waals surface area contributed by atoms with E-state index in [-0.39, 0.29) is 4.90 Å². The molecule has 114 valence electrons. The third-order valence-corrected chi connectivity index (χ3v) is 5.02. The summed E-state index contributed by atoms with van der Waals surface area (Å²) >= 11 is 3.24. The van der Waals surface area contributed by atoms with Crippen LogP contribution in [0.25, 0.3) is 0 Å². The summed E-state index contributed by atoms with van der Waals surface area (Å²) in [6.45, 7) is 4.78. The summed E-state index contributed by atoms with van der Waals surface area (Å²) < 4.78 is 29.5. The zero-order valence-electron chi connectivity index (χ0n) is 11.7. The summed E-state index contributed by atoms with van der Waals surface area (Å²) in [5.74, 6) is 0.752. The summed E-state index contributed by atoms with van der Waals surface area (Å²) in [4.78, 5) is 0.0129. The van der Waals surface area contributed by atoms with Gasteiger partial charge in [-0.2, -0.15) is 0 Å². The molecule has 3 nitrogen and oxygen atoms in total. The molecule has 1 aromatic carbocycles. The second-order valence-corrected chi connectivity index (χ2v) is 8.21. The lowest BCUT2D eigenvalue weighted by Crippen LogP contribution is -2.12. The molecule has 6 heteroatoms. The first-order chi connectivity index (χ1) is 9.38. The van der Waals surface area contributed by atoms with Gasteiger partial charge in [0, 0.05) is 15.2 Å². The summed E-state index contributed by atoms with van der Waals surface area (Å²) in [6.07, 6.45) is 4.41. The fraction of sp³-hybridized carbons (Fsp3) is 0.571. The minimum absolute atomic E-state index is 0.0129. The van der Waals surface area contributed by atoms with Gasteiger partial charge in [0.05, 0.1) is 6.61 Å². The first-order valence-corrected chi connectivity index (χ1v) is 9.85. The van der Waals surface area contributed by atoms with Crippen LogP contribution in [0.5, 0.6) is 5.75 Å². The molecule has 1 unspecified atom stereocenters. The molecule has 0 spiro atoms. The molecule has 0 aliphatic heterocycles. The maximum atomic E-state index is 11.6. The number of benzene rings is 1. The van der Waals surface area contributed by atoms with Crippen LogP contribution in [0.1, 0.15) is 39.5 Å². The van der Waals surface area contributed by atoms with E-state index in [2.05, 4.69) is 29.8 Å². The lowest BCUT2D eigenvalue weighted by atomic mass is 10.0. The first kappa shape index (κ1) is 17.8. The smallest absolute Gasteiger partial charge is 0.265 e. The fourth-order valence-corrected chi connectivity index (χ4v) is 3.41. The van der Waals surface area contributed by atoms with Crippen molar-refractivity contribution in [2.75, 3.05) is 6.61 Å². The zero-order chi connectivity index (χ0) is 15.2. The van der Waals surface area contributed by atoms with Gasteiger partial charge in [-0.15, -0.1) is 0 Å². The number of halogens is 2. The van der Waals surface area contributed by atoms with Crippen molar-refractivity contribution in [2.24, 2.45) is 5.92 Å². The van der Waals surface area contributed by atoms with Crippen molar-refractivity contribution in [3.63, 3.8) is 0 Å². The topological polar surface area (TPSA) is 43.4 Å². The maximum Gasteiger partial charge on any atom is 0.265 e. The van der Waals surface area contributed by atoms with Gasteiger partial charge in [0.15, 0.2) is 0 Å². The van der Waals surface area contributed by atoms with E-state index in [1.807, 2.05) is 0 Å². The lowest BCUT2D eigenvalue weighted by Gasteiger charge is -2.17. The molecule has 0 saturated carbocycles. The number of hydrogen-bond acceptors (Lipinski definition) is 3. The van der Waals surface area contributed by atoms with Crippen LogP contribution >= 0.6 is 26.6 Å². The highest BCUT2D eigenvalue weighted by Crippen LogP contribution is 2.30. The van der Waals surface area contributed by atoms with Crippen molar-refractivity contribution in [3.05, 3.63) is 22.7 Å². The summed E-state index contributed by atoms with van der Waals surface area (Å²) in [7, 11) is 1.63. The highest BCUT2D eigenvalue weighted by Gasteiger charge is 2.18. The Balaban J connectivity index is 2.82. The molecular formula is C14H20BrClO3S. The molecule has 0 heterocycles. The van der Waals surface area contributed by atoms with Crippen molar-refractivity contribution in [3.8, 4) is 5.75 Å².